The maximum Gasteiger partial charge on any atom is 0.237 e. The zero-order chi connectivity index (χ0) is 18.4. The molecular formula is C16H21N7O3. The van der Waals surface area contributed by atoms with Gasteiger partial charge < -0.3 is 15.4 Å². The molecule has 1 aliphatic heterocycles. The molecule has 1 aromatic carbocycles. The molecule has 0 bridgehead atoms. The van der Waals surface area contributed by atoms with E-state index >= 15 is 0 Å². The van der Waals surface area contributed by atoms with Crippen molar-refractivity contribution in [3.05, 3.63) is 35.7 Å². The largest absolute Gasteiger partial charge is 0.496 e. The molecule has 2 aromatic rings. The number of rotatable bonds is 7. The van der Waals surface area contributed by atoms with Gasteiger partial charge in [-0.05, 0) is 6.07 Å². The van der Waals surface area contributed by atoms with Gasteiger partial charge in [0.05, 0.1) is 26.1 Å². The molecule has 1 aromatic heterocycles. The molecule has 0 aliphatic carbocycles. The number of benzene rings is 1. The number of H-pyrrole nitrogens is 1. The van der Waals surface area contributed by atoms with Crippen LogP contribution in [0.25, 0.3) is 0 Å². The van der Waals surface area contributed by atoms with Crippen LogP contribution in [0.1, 0.15) is 17.8 Å². The van der Waals surface area contributed by atoms with Crippen molar-refractivity contribution in [3.8, 4) is 5.75 Å². The van der Waals surface area contributed by atoms with Gasteiger partial charge in [0, 0.05) is 25.2 Å². The molecule has 0 spiro atoms. The van der Waals surface area contributed by atoms with Crippen molar-refractivity contribution in [2.75, 3.05) is 20.2 Å². The van der Waals surface area contributed by atoms with Gasteiger partial charge in [0.1, 0.15) is 5.75 Å². The first-order chi connectivity index (χ1) is 12.7. The third-order valence-corrected chi connectivity index (χ3v) is 4.22. The molecule has 0 saturated carbocycles. The number of methoxy groups -OCH3 is 1. The number of carbonyl (C=O) groups is 2. The number of nitrogens with one attached hydrogen (secondary N) is 3. The number of hydrogen-bond donors (Lipinski definition) is 3. The quantitative estimate of drug-likeness (QED) is 0.592. The SMILES string of the molecule is COc1ccccc1CN1CCNC(=O)[C@H]1CC(=O)NCc1nn[nH]n1. The van der Waals surface area contributed by atoms with Crippen LogP contribution in [0.2, 0.25) is 0 Å². The van der Waals surface area contributed by atoms with E-state index in [1.165, 1.54) is 0 Å². The summed E-state index contributed by atoms with van der Waals surface area (Å²) in [5.41, 5.74) is 0.974. The van der Waals surface area contributed by atoms with Crippen LogP contribution in [0.4, 0.5) is 0 Å². The second-order valence-electron chi connectivity index (χ2n) is 5.90. The van der Waals surface area contributed by atoms with Crippen LogP contribution in [0.3, 0.4) is 0 Å². The molecular weight excluding hydrogens is 338 g/mol. The lowest BCUT2D eigenvalue weighted by molar-refractivity contribution is -0.134. The molecule has 2 amide bonds. The maximum atomic E-state index is 12.3. The lowest BCUT2D eigenvalue weighted by Gasteiger charge is -2.35. The fourth-order valence-electron chi connectivity index (χ4n) is 2.91. The molecule has 1 aliphatic rings. The highest BCUT2D eigenvalue weighted by molar-refractivity contribution is 5.88. The minimum absolute atomic E-state index is 0.0544. The normalized spacial score (nSPS) is 17.6. The number of para-hydroxylation sites is 1. The number of piperazine rings is 1. The molecule has 10 heteroatoms. The van der Waals surface area contributed by atoms with Crippen molar-refractivity contribution in [1.82, 2.24) is 36.2 Å². The number of ether oxygens (including phenoxy) is 1. The van der Waals surface area contributed by atoms with Crippen LogP contribution in [-0.4, -0.2) is 63.6 Å². The Morgan fingerprint density at radius 2 is 2.27 bits per heavy atom. The van der Waals surface area contributed by atoms with Crippen LogP contribution in [-0.2, 0) is 22.7 Å². The Morgan fingerprint density at radius 3 is 3.04 bits per heavy atom. The van der Waals surface area contributed by atoms with E-state index in [4.69, 9.17) is 4.74 Å². The number of carbonyl (C=O) groups excluding carboxylic acids is 2. The summed E-state index contributed by atoms with van der Waals surface area (Å²) < 4.78 is 5.38. The third kappa shape index (κ3) is 4.33. The molecule has 138 valence electrons. The summed E-state index contributed by atoms with van der Waals surface area (Å²) in [4.78, 5) is 26.5. The fraction of sp³-hybridized carbons (Fsp3) is 0.438. The Bertz CT molecular complexity index is 750. The summed E-state index contributed by atoms with van der Waals surface area (Å²) in [7, 11) is 1.62. The second-order valence-corrected chi connectivity index (χ2v) is 5.90. The molecule has 26 heavy (non-hydrogen) atoms. The van der Waals surface area contributed by atoms with Gasteiger partial charge in [0.2, 0.25) is 11.8 Å². The smallest absolute Gasteiger partial charge is 0.237 e. The van der Waals surface area contributed by atoms with Gasteiger partial charge in [-0.25, -0.2) is 0 Å². The minimum Gasteiger partial charge on any atom is -0.496 e. The van der Waals surface area contributed by atoms with Gasteiger partial charge in [-0.1, -0.05) is 23.4 Å². The van der Waals surface area contributed by atoms with Crippen LogP contribution < -0.4 is 15.4 Å². The van der Waals surface area contributed by atoms with E-state index in [2.05, 4.69) is 31.3 Å². The van der Waals surface area contributed by atoms with Crippen molar-refractivity contribution in [2.45, 2.75) is 25.6 Å². The molecule has 2 heterocycles. The standard InChI is InChI=1S/C16H21N7O3/c1-26-13-5-3-2-4-11(13)10-23-7-6-17-16(25)12(23)8-15(24)18-9-14-19-21-22-20-14/h2-5,12H,6-10H2,1H3,(H,17,25)(H,18,24)(H,19,20,21,22)/t12-/m1/s1. The van der Waals surface area contributed by atoms with E-state index in [1.54, 1.807) is 7.11 Å². The first kappa shape index (κ1) is 17.8. The summed E-state index contributed by atoms with van der Waals surface area (Å²) in [5, 5.41) is 18.8. The van der Waals surface area contributed by atoms with E-state index < -0.39 is 6.04 Å². The van der Waals surface area contributed by atoms with Crippen molar-refractivity contribution in [2.24, 2.45) is 0 Å². The first-order valence-electron chi connectivity index (χ1n) is 8.30. The van der Waals surface area contributed by atoms with E-state index in [9.17, 15) is 9.59 Å². The summed E-state index contributed by atoms with van der Waals surface area (Å²) in [6.07, 6.45) is 0.0544. The molecule has 3 N–H and O–H groups in total. The third-order valence-electron chi connectivity index (χ3n) is 4.22. The number of aromatic nitrogens is 4. The van der Waals surface area contributed by atoms with Crippen LogP contribution in [0.5, 0.6) is 5.75 Å². The predicted molar refractivity (Wildman–Crippen MR) is 90.8 cm³/mol. The molecule has 3 rings (SSSR count). The van der Waals surface area contributed by atoms with E-state index in [0.717, 1.165) is 11.3 Å². The zero-order valence-electron chi connectivity index (χ0n) is 14.4. The van der Waals surface area contributed by atoms with Crippen molar-refractivity contribution < 1.29 is 14.3 Å². The Balaban J connectivity index is 1.64. The monoisotopic (exact) mass is 359 g/mol. The topological polar surface area (TPSA) is 125 Å². The minimum atomic E-state index is -0.543. The number of nitrogens with zero attached hydrogens (tertiary/aromatic N) is 4. The van der Waals surface area contributed by atoms with Gasteiger partial charge >= 0.3 is 0 Å². The number of aromatic amines is 1. The Hall–Kier alpha value is -3.01. The number of hydrogen-bond acceptors (Lipinski definition) is 7. The average molecular weight is 359 g/mol. The molecule has 0 unspecified atom stereocenters. The highest BCUT2D eigenvalue weighted by Crippen LogP contribution is 2.21. The lowest BCUT2D eigenvalue weighted by Crippen LogP contribution is -2.56. The van der Waals surface area contributed by atoms with Crippen molar-refractivity contribution in [3.63, 3.8) is 0 Å². The highest BCUT2D eigenvalue weighted by atomic mass is 16.5. The number of tetrazole rings is 1. The molecule has 0 radical (unpaired) electrons. The van der Waals surface area contributed by atoms with E-state index in [0.29, 0.717) is 25.5 Å². The first-order valence-corrected chi connectivity index (χ1v) is 8.30. The van der Waals surface area contributed by atoms with E-state index in [1.807, 2.05) is 29.2 Å². The van der Waals surface area contributed by atoms with Gasteiger partial charge in [0.15, 0.2) is 5.82 Å². The summed E-state index contributed by atoms with van der Waals surface area (Å²) in [6.45, 7) is 1.90. The Labute approximate surface area is 150 Å². The summed E-state index contributed by atoms with van der Waals surface area (Å²) in [5.74, 6) is 0.749. The van der Waals surface area contributed by atoms with Gasteiger partial charge in [-0.15, -0.1) is 10.2 Å². The molecule has 1 saturated heterocycles. The van der Waals surface area contributed by atoms with Crippen molar-refractivity contribution in [1.29, 1.82) is 0 Å². The van der Waals surface area contributed by atoms with Crippen LogP contribution in [0.15, 0.2) is 24.3 Å². The Morgan fingerprint density at radius 1 is 1.42 bits per heavy atom. The number of amides is 2. The predicted octanol–water partition coefficient (Wildman–Crippen LogP) is -0.785. The second kappa shape index (κ2) is 8.39. The summed E-state index contributed by atoms with van der Waals surface area (Å²) >= 11 is 0. The molecule has 1 atom stereocenters. The highest BCUT2D eigenvalue weighted by Gasteiger charge is 2.32. The summed E-state index contributed by atoms with van der Waals surface area (Å²) in [6, 6.07) is 7.12. The van der Waals surface area contributed by atoms with Gasteiger partial charge in [-0.2, -0.15) is 5.21 Å². The zero-order valence-corrected chi connectivity index (χ0v) is 14.4. The van der Waals surface area contributed by atoms with Gasteiger partial charge in [0.25, 0.3) is 0 Å². The van der Waals surface area contributed by atoms with Gasteiger partial charge in [-0.3, -0.25) is 14.5 Å². The van der Waals surface area contributed by atoms with Crippen LogP contribution >= 0.6 is 0 Å². The fourth-order valence-corrected chi connectivity index (χ4v) is 2.91. The molecule has 1 fully saturated rings. The lowest BCUT2D eigenvalue weighted by atomic mass is 10.1. The van der Waals surface area contributed by atoms with Crippen molar-refractivity contribution >= 4 is 11.8 Å². The van der Waals surface area contributed by atoms with Crippen LogP contribution in [0, 0.1) is 0 Å². The molecule has 10 nitrogen and oxygen atoms in total. The van der Waals surface area contributed by atoms with E-state index in [-0.39, 0.29) is 24.8 Å². The average Bonchev–Trinajstić information content (AvgIpc) is 3.17. The Kier molecular flexibility index (Phi) is 5.74. The maximum absolute atomic E-state index is 12.3.